The van der Waals surface area contributed by atoms with Gasteiger partial charge in [-0.1, -0.05) is 64.7 Å². The van der Waals surface area contributed by atoms with E-state index in [1.165, 1.54) is 64.2 Å². The average Bonchev–Trinajstić information content (AvgIpc) is 2.39. The third-order valence-corrected chi connectivity index (χ3v) is 4.30. The molecule has 0 heterocycles. The van der Waals surface area contributed by atoms with Crippen LogP contribution < -0.4 is 0 Å². The monoisotopic (exact) mass is 286 g/mol. The van der Waals surface area contributed by atoms with E-state index in [1.54, 1.807) is 0 Å². The number of hydrogen-bond acceptors (Lipinski definition) is 2. The first kappa shape index (κ1) is 19.9. The molecular weight excluding hydrogens is 248 g/mol. The molecule has 0 rings (SSSR count). The zero-order chi connectivity index (χ0) is 15.2. The first-order chi connectivity index (χ1) is 9.56. The van der Waals surface area contributed by atoms with Crippen LogP contribution in [0.1, 0.15) is 97.8 Å². The van der Waals surface area contributed by atoms with Gasteiger partial charge in [0.1, 0.15) is 0 Å². The highest BCUT2D eigenvalue weighted by atomic mass is 16.3. The topological polar surface area (TPSA) is 40.5 Å². The molecule has 2 N–H and O–H groups in total. The molecule has 2 nitrogen and oxygen atoms in total. The van der Waals surface area contributed by atoms with Crippen molar-refractivity contribution in [3.63, 3.8) is 0 Å². The van der Waals surface area contributed by atoms with Gasteiger partial charge in [0.2, 0.25) is 0 Å². The van der Waals surface area contributed by atoms with Crippen molar-refractivity contribution in [2.75, 3.05) is 0 Å². The molecule has 0 amide bonds. The van der Waals surface area contributed by atoms with Gasteiger partial charge >= 0.3 is 0 Å². The van der Waals surface area contributed by atoms with Crippen LogP contribution in [0, 0.1) is 5.92 Å². The minimum atomic E-state index is -0.134. The molecule has 0 radical (unpaired) electrons. The zero-order valence-corrected chi connectivity index (χ0v) is 14.1. The van der Waals surface area contributed by atoms with Crippen LogP contribution in [0.4, 0.5) is 0 Å². The van der Waals surface area contributed by atoms with Gasteiger partial charge in [-0.05, 0) is 39.0 Å². The molecule has 20 heavy (non-hydrogen) atoms. The summed E-state index contributed by atoms with van der Waals surface area (Å²) < 4.78 is 0. The highest BCUT2D eigenvalue weighted by molar-refractivity contribution is 4.60. The number of aliphatic hydroxyl groups is 2. The maximum Gasteiger partial charge on any atom is 0.0512 e. The highest BCUT2D eigenvalue weighted by Crippen LogP contribution is 2.20. The van der Waals surface area contributed by atoms with Gasteiger partial charge in [0, 0.05) is 0 Å². The van der Waals surface area contributed by atoms with Crippen LogP contribution >= 0.6 is 0 Å². The Bertz CT molecular complexity index is 190. The van der Waals surface area contributed by atoms with Crippen molar-refractivity contribution in [2.24, 2.45) is 5.92 Å². The van der Waals surface area contributed by atoms with E-state index in [4.69, 9.17) is 5.11 Å². The van der Waals surface area contributed by atoms with Crippen molar-refractivity contribution >= 4 is 0 Å². The van der Waals surface area contributed by atoms with E-state index >= 15 is 0 Å². The second-order valence-corrected chi connectivity index (χ2v) is 6.60. The first-order valence-electron chi connectivity index (χ1n) is 8.92. The Labute approximate surface area is 127 Å². The Kier molecular flexibility index (Phi) is 13.8. The number of unbranched alkanes of at least 4 members (excludes halogenated alkanes) is 6. The van der Waals surface area contributed by atoms with E-state index in [1.807, 2.05) is 13.8 Å². The third kappa shape index (κ3) is 14.3. The molecule has 0 aromatic rings. The van der Waals surface area contributed by atoms with Gasteiger partial charge in [0.15, 0.2) is 0 Å². The largest absolute Gasteiger partial charge is 0.393 e. The van der Waals surface area contributed by atoms with E-state index in [9.17, 15) is 5.11 Å². The van der Waals surface area contributed by atoms with Crippen molar-refractivity contribution < 1.29 is 10.2 Å². The summed E-state index contributed by atoms with van der Waals surface area (Å²) in [7, 11) is 0. The summed E-state index contributed by atoms with van der Waals surface area (Å²) in [5.41, 5.74) is 0. The SMILES string of the molecule is CCC(CCCCCCCCCC(C)O)CCC(C)O. The molecule has 0 fully saturated rings. The lowest BCUT2D eigenvalue weighted by Gasteiger charge is -2.15. The molecule has 0 aromatic heterocycles. The van der Waals surface area contributed by atoms with E-state index in [2.05, 4.69) is 6.92 Å². The quantitative estimate of drug-likeness (QED) is 0.438. The standard InChI is InChI=1S/C18H38O2/c1-4-18(15-14-17(3)20)13-11-9-7-5-6-8-10-12-16(2)19/h16-20H,4-15H2,1-3H3. The minimum Gasteiger partial charge on any atom is -0.393 e. The Balaban J connectivity index is 3.29. The summed E-state index contributed by atoms with van der Waals surface area (Å²) in [4.78, 5) is 0. The molecule has 3 unspecified atom stereocenters. The summed E-state index contributed by atoms with van der Waals surface area (Å²) in [6.07, 6.45) is 14.7. The fourth-order valence-corrected chi connectivity index (χ4v) is 2.79. The van der Waals surface area contributed by atoms with Crippen LogP contribution in [0.25, 0.3) is 0 Å². The molecular formula is C18H38O2. The van der Waals surface area contributed by atoms with Crippen molar-refractivity contribution in [1.82, 2.24) is 0 Å². The lowest BCUT2D eigenvalue weighted by Crippen LogP contribution is -2.05. The van der Waals surface area contributed by atoms with E-state index < -0.39 is 0 Å². The van der Waals surface area contributed by atoms with Crippen molar-refractivity contribution in [1.29, 1.82) is 0 Å². The first-order valence-corrected chi connectivity index (χ1v) is 8.92. The molecule has 2 heteroatoms. The Morgan fingerprint density at radius 3 is 1.50 bits per heavy atom. The van der Waals surface area contributed by atoms with Crippen molar-refractivity contribution in [3.05, 3.63) is 0 Å². The van der Waals surface area contributed by atoms with Crippen LogP contribution in [0.2, 0.25) is 0 Å². The summed E-state index contributed by atoms with van der Waals surface area (Å²) in [5, 5.41) is 18.5. The van der Waals surface area contributed by atoms with Crippen LogP contribution in [0.3, 0.4) is 0 Å². The fourth-order valence-electron chi connectivity index (χ4n) is 2.79. The smallest absolute Gasteiger partial charge is 0.0512 e. The normalized spacial score (nSPS) is 16.1. The van der Waals surface area contributed by atoms with Crippen LogP contribution in [-0.2, 0) is 0 Å². The van der Waals surface area contributed by atoms with Crippen LogP contribution in [0.5, 0.6) is 0 Å². The van der Waals surface area contributed by atoms with Gasteiger partial charge in [0.05, 0.1) is 12.2 Å². The minimum absolute atomic E-state index is 0.123. The Morgan fingerprint density at radius 2 is 1.05 bits per heavy atom. The summed E-state index contributed by atoms with van der Waals surface area (Å²) in [6.45, 7) is 6.04. The van der Waals surface area contributed by atoms with Gasteiger partial charge in [-0.3, -0.25) is 0 Å². The molecule has 0 bridgehead atoms. The average molecular weight is 286 g/mol. The second kappa shape index (κ2) is 13.9. The molecule has 0 saturated heterocycles. The Morgan fingerprint density at radius 1 is 0.600 bits per heavy atom. The molecule has 0 aliphatic carbocycles. The van der Waals surface area contributed by atoms with Gasteiger partial charge in [0.25, 0.3) is 0 Å². The van der Waals surface area contributed by atoms with Gasteiger partial charge in [-0.15, -0.1) is 0 Å². The fraction of sp³-hybridized carbons (Fsp3) is 1.00. The Hall–Kier alpha value is -0.0800. The summed E-state index contributed by atoms with van der Waals surface area (Å²) in [5.74, 6) is 0.815. The molecule has 0 spiro atoms. The van der Waals surface area contributed by atoms with Gasteiger partial charge in [-0.25, -0.2) is 0 Å². The lowest BCUT2D eigenvalue weighted by molar-refractivity contribution is 0.171. The molecule has 0 aliphatic heterocycles. The third-order valence-electron chi connectivity index (χ3n) is 4.30. The predicted molar refractivity (Wildman–Crippen MR) is 87.9 cm³/mol. The van der Waals surface area contributed by atoms with Crippen LogP contribution in [0.15, 0.2) is 0 Å². The van der Waals surface area contributed by atoms with E-state index in [0.29, 0.717) is 0 Å². The predicted octanol–water partition coefficient (Wildman–Crippen LogP) is 5.07. The van der Waals surface area contributed by atoms with Crippen molar-refractivity contribution in [3.8, 4) is 0 Å². The number of aliphatic hydroxyl groups excluding tert-OH is 2. The molecule has 0 aromatic carbocycles. The maximum absolute atomic E-state index is 9.33. The summed E-state index contributed by atoms with van der Waals surface area (Å²) >= 11 is 0. The van der Waals surface area contributed by atoms with Gasteiger partial charge < -0.3 is 10.2 Å². The van der Waals surface area contributed by atoms with Gasteiger partial charge in [-0.2, -0.15) is 0 Å². The lowest BCUT2D eigenvalue weighted by atomic mass is 9.92. The second-order valence-electron chi connectivity index (χ2n) is 6.60. The molecule has 3 atom stereocenters. The number of rotatable bonds is 14. The van der Waals surface area contributed by atoms with Crippen molar-refractivity contribution in [2.45, 2.75) is 110 Å². The molecule has 122 valence electrons. The summed E-state index contributed by atoms with van der Waals surface area (Å²) in [6, 6.07) is 0. The zero-order valence-electron chi connectivity index (χ0n) is 14.1. The molecule has 0 aliphatic rings. The van der Waals surface area contributed by atoms with Crippen LogP contribution in [-0.4, -0.2) is 22.4 Å². The van der Waals surface area contributed by atoms with E-state index in [-0.39, 0.29) is 12.2 Å². The van der Waals surface area contributed by atoms with E-state index in [0.717, 1.165) is 18.8 Å². The maximum atomic E-state index is 9.33. The highest BCUT2D eigenvalue weighted by Gasteiger charge is 2.07. The molecule has 0 saturated carbocycles. The number of hydrogen-bond donors (Lipinski definition) is 2.